The molecule has 0 aliphatic rings. The highest BCUT2D eigenvalue weighted by Gasteiger charge is 2.28. The van der Waals surface area contributed by atoms with Crippen LogP contribution in [0.5, 0.6) is 0 Å². The SMILES string of the molecule is CCC(CC)C(COCC(F)(F)F)NC. The van der Waals surface area contributed by atoms with E-state index in [0.29, 0.717) is 5.92 Å². The molecule has 0 radical (unpaired) electrons. The van der Waals surface area contributed by atoms with Gasteiger partial charge in [0, 0.05) is 6.04 Å². The quantitative estimate of drug-likeness (QED) is 0.721. The molecule has 1 N–H and O–H groups in total. The van der Waals surface area contributed by atoms with Crippen LogP contribution in [-0.2, 0) is 4.74 Å². The summed E-state index contributed by atoms with van der Waals surface area (Å²) in [5.41, 5.74) is 0. The minimum absolute atomic E-state index is 0.00218. The summed E-state index contributed by atoms with van der Waals surface area (Å²) < 4.78 is 40.1. The number of hydrogen-bond donors (Lipinski definition) is 1. The van der Waals surface area contributed by atoms with Crippen molar-refractivity contribution >= 4 is 0 Å². The molecule has 0 aromatic heterocycles. The summed E-state index contributed by atoms with van der Waals surface area (Å²) in [6.45, 7) is 3.01. The van der Waals surface area contributed by atoms with Gasteiger partial charge in [0.25, 0.3) is 0 Å². The largest absolute Gasteiger partial charge is 0.411 e. The number of rotatable bonds is 7. The van der Waals surface area contributed by atoms with Crippen molar-refractivity contribution in [2.24, 2.45) is 5.92 Å². The molecule has 0 aromatic rings. The summed E-state index contributed by atoms with van der Waals surface area (Å²) in [6, 6.07) is 0.00218. The van der Waals surface area contributed by atoms with Crippen LogP contribution in [0.15, 0.2) is 0 Å². The number of nitrogens with one attached hydrogen (secondary N) is 1. The maximum Gasteiger partial charge on any atom is 0.411 e. The Bertz CT molecular complexity index is 157. The highest BCUT2D eigenvalue weighted by atomic mass is 19.4. The van der Waals surface area contributed by atoms with Gasteiger partial charge in [-0.05, 0) is 13.0 Å². The summed E-state index contributed by atoms with van der Waals surface area (Å²) in [7, 11) is 1.75. The van der Waals surface area contributed by atoms with Crippen molar-refractivity contribution in [2.75, 3.05) is 20.3 Å². The van der Waals surface area contributed by atoms with E-state index in [4.69, 9.17) is 0 Å². The fourth-order valence-corrected chi connectivity index (χ4v) is 1.61. The van der Waals surface area contributed by atoms with Crippen LogP contribution < -0.4 is 5.32 Å². The van der Waals surface area contributed by atoms with E-state index in [-0.39, 0.29) is 12.6 Å². The van der Waals surface area contributed by atoms with Crippen LogP contribution >= 0.6 is 0 Å². The van der Waals surface area contributed by atoms with Crippen LogP contribution in [0.25, 0.3) is 0 Å². The maximum atomic E-state index is 11.8. The third-order valence-corrected chi connectivity index (χ3v) is 2.55. The molecule has 0 saturated heterocycles. The average molecular weight is 227 g/mol. The normalized spacial score (nSPS) is 14.6. The molecular formula is C10H20F3NO. The van der Waals surface area contributed by atoms with Crippen LogP contribution in [0.1, 0.15) is 26.7 Å². The molecule has 1 unspecified atom stereocenters. The van der Waals surface area contributed by atoms with E-state index in [1.54, 1.807) is 7.05 Å². The van der Waals surface area contributed by atoms with Crippen molar-refractivity contribution in [1.29, 1.82) is 0 Å². The number of likely N-dealkylation sites (N-methyl/N-ethyl adjacent to an activating group) is 1. The molecule has 0 bridgehead atoms. The molecule has 0 aliphatic heterocycles. The topological polar surface area (TPSA) is 21.3 Å². The van der Waals surface area contributed by atoms with Gasteiger partial charge in [0.2, 0.25) is 0 Å². The first-order chi connectivity index (χ1) is 6.94. The predicted octanol–water partition coefficient (Wildman–Crippen LogP) is 2.59. The second-order valence-corrected chi connectivity index (χ2v) is 3.60. The molecule has 0 spiro atoms. The van der Waals surface area contributed by atoms with E-state index in [1.165, 1.54) is 0 Å². The molecule has 1 atom stereocenters. The van der Waals surface area contributed by atoms with Crippen molar-refractivity contribution in [3.63, 3.8) is 0 Å². The van der Waals surface area contributed by atoms with Crippen LogP contribution in [0.4, 0.5) is 13.2 Å². The van der Waals surface area contributed by atoms with Gasteiger partial charge in [-0.25, -0.2) is 0 Å². The monoisotopic (exact) mass is 227 g/mol. The van der Waals surface area contributed by atoms with Crippen LogP contribution in [0, 0.1) is 5.92 Å². The standard InChI is InChI=1S/C10H20F3NO/c1-4-8(5-2)9(14-3)6-15-7-10(11,12)13/h8-9,14H,4-7H2,1-3H3. The molecule has 0 aromatic carbocycles. The van der Waals surface area contributed by atoms with Gasteiger partial charge in [-0.3, -0.25) is 0 Å². The Balaban J connectivity index is 3.89. The molecule has 15 heavy (non-hydrogen) atoms. The lowest BCUT2D eigenvalue weighted by molar-refractivity contribution is -0.176. The second-order valence-electron chi connectivity index (χ2n) is 3.60. The molecule has 0 fully saturated rings. The van der Waals surface area contributed by atoms with Crippen molar-refractivity contribution in [3.8, 4) is 0 Å². The first kappa shape index (κ1) is 14.7. The Labute approximate surface area is 89.2 Å². The minimum Gasteiger partial charge on any atom is -0.370 e. The summed E-state index contributed by atoms with van der Waals surface area (Å²) >= 11 is 0. The van der Waals surface area contributed by atoms with E-state index in [1.807, 2.05) is 13.8 Å². The minimum atomic E-state index is -4.23. The van der Waals surface area contributed by atoms with Gasteiger partial charge < -0.3 is 10.1 Å². The zero-order chi connectivity index (χ0) is 11.9. The van der Waals surface area contributed by atoms with Crippen molar-refractivity contribution < 1.29 is 17.9 Å². The molecular weight excluding hydrogens is 207 g/mol. The van der Waals surface area contributed by atoms with Gasteiger partial charge in [0.1, 0.15) is 6.61 Å². The Hall–Kier alpha value is -0.290. The Morgan fingerprint density at radius 2 is 1.73 bits per heavy atom. The number of alkyl halides is 3. The van der Waals surface area contributed by atoms with Crippen molar-refractivity contribution in [3.05, 3.63) is 0 Å². The maximum absolute atomic E-state index is 11.8. The lowest BCUT2D eigenvalue weighted by atomic mass is 9.95. The van der Waals surface area contributed by atoms with Gasteiger partial charge in [0.05, 0.1) is 6.61 Å². The zero-order valence-electron chi connectivity index (χ0n) is 9.53. The lowest BCUT2D eigenvalue weighted by Gasteiger charge is -2.24. The summed E-state index contributed by atoms with van der Waals surface area (Å²) in [5, 5.41) is 3.00. The Morgan fingerprint density at radius 1 is 1.20 bits per heavy atom. The van der Waals surface area contributed by atoms with Gasteiger partial charge in [0.15, 0.2) is 0 Å². The fourth-order valence-electron chi connectivity index (χ4n) is 1.61. The first-order valence-corrected chi connectivity index (χ1v) is 5.26. The van der Waals surface area contributed by atoms with Gasteiger partial charge in [-0.1, -0.05) is 26.7 Å². The smallest absolute Gasteiger partial charge is 0.370 e. The van der Waals surface area contributed by atoms with E-state index in [2.05, 4.69) is 10.1 Å². The van der Waals surface area contributed by atoms with E-state index < -0.39 is 12.8 Å². The van der Waals surface area contributed by atoms with E-state index in [0.717, 1.165) is 12.8 Å². The van der Waals surface area contributed by atoms with Crippen LogP contribution in [-0.4, -0.2) is 32.5 Å². The molecule has 0 rings (SSSR count). The summed E-state index contributed by atoms with van der Waals surface area (Å²) in [6.07, 6.45) is -2.35. The van der Waals surface area contributed by atoms with E-state index >= 15 is 0 Å². The molecule has 92 valence electrons. The highest BCUT2D eigenvalue weighted by molar-refractivity contribution is 4.72. The zero-order valence-corrected chi connectivity index (χ0v) is 9.53. The molecule has 0 amide bonds. The Kier molecular flexibility index (Phi) is 6.92. The predicted molar refractivity (Wildman–Crippen MR) is 53.8 cm³/mol. The van der Waals surface area contributed by atoms with Crippen molar-refractivity contribution in [1.82, 2.24) is 5.32 Å². The fraction of sp³-hybridized carbons (Fsp3) is 1.00. The number of hydrogen-bond acceptors (Lipinski definition) is 2. The number of ether oxygens (including phenoxy) is 1. The second kappa shape index (κ2) is 7.06. The van der Waals surface area contributed by atoms with Crippen LogP contribution in [0.2, 0.25) is 0 Å². The van der Waals surface area contributed by atoms with Crippen molar-refractivity contribution in [2.45, 2.75) is 38.9 Å². The lowest BCUT2D eigenvalue weighted by Crippen LogP contribution is -2.38. The van der Waals surface area contributed by atoms with Gasteiger partial charge in [-0.2, -0.15) is 13.2 Å². The number of halogens is 3. The molecule has 0 aliphatic carbocycles. The van der Waals surface area contributed by atoms with Crippen LogP contribution in [0.3, 0.4) is 0 Å². The van der Waals surface area contributed by atoms with Gasteiger partial charge >= 0.3 is 6.18 Å². The summed E-state index contributed by atoms with van der Waals surface area (Å²) in [4.78, 5) is 0. The highest BCUT2D eigenvalue weighted by Crippen LogP contribution is 2.17. The third kappa shape index (κ3) is 6.73. The van der Waals surface area contributed by atoms with Gasteiger partial charge in [-0.15, -0.1) is 0 Å². The van der Waals surface area contributed by atoms with E-state index in [9.17, 15) is 13.2 Å². The third-order valence-electron chi connectivity index (χ3n) is 2.55. The summed E-state index contributed by atoms with van der Waals surface area (Å²) in [5.74, 6) is 0.364. The molecule has 0 saturated carbocycles. The molecule has 0 heterocycles. The molecule has 2 nitrogen and oxygen atoms in total. The average Bonchev–Trinajstić information content (AvgIpc) is 2.15. The first-order valence-electron chi connectivity index (χ1n) is 5.26. The Morgan fingerprint density at radius 3 is 2.07 bits per heavy atom. The molecule has 5 heteroatoms.